The fourth-order valence-electron chi connectivity index (χ4n) is 2.26. The molecule has 21 heavy (non-hydrogen) atoms. The van der Waals surface area contributed by atoms with E-state index in [9.17, 15) is 13.6 Å². The summed E-state index contributed by atoms with van der Waals surface area (Å²) in [5, 5.41) is 3.14. The molecule has 2 aromatic rings. The van der Waals surface area contributed by atoms with Crippen LogP contribution in [0.15, 0.2) is 24.3 Å². The van der Waals surface area contributed by atoms with Crippen LogP contribution in [0.4, 0.5) is 13.9 Å². The molecule has 0 saturated carbocycles. The van der Waals surface area contributed by atoms with E-state index in [2.05, 4.69) is 15.0 Å². The minimum absolute atomic E-state index is 0.0631. The number of rotatable bonds is 4. The SMILES string of the molecule is O=C(Nc1nc2c(s1)CCC2)c1ccccc1OC(F)F. The van der Waals surface area contributed by atoms with Gasteiger partial charge in [-0.25, -0.2) is 4.98 Å². The second kappa shape index (κ2) is 5.77. The molecule has 0 fully saturated rings. The Morgan fingerprint density at radius 2 is 2.14 bits per heavy atom. The van der Waals surface area contributed by atoms with Crippen LogP contribution < -0.4 is 10.1 Å². The lowest BCUT2D eigenvalue weighted by Crippen LogP contribution is -2.14. The third kappa shape index (κ3) is 3.02. The van der Waals surface area contributed by atoms with Crippen LogP contribution in [0.2, 0.25) is 0 Å². The van der Waals surface area contributed by atoms with Crippen molar-refractivity contribution in [2.75, 3.05) is 5.32 Å². The maximum Gasteiger partial charge on any atom is 0.387 e. The topological polar surface area (TPSA) is 51.2 Å². The van der Waals surface area contributed by atoms with Crippen molar-refractivity contribution in [3.63, 3.8) is 0 Å². The van der Waals surface area contributed by atoms with Gasteiger partial charge >= 0.3 is 6.61 Å². The highest BCUT2D eigenvalue weighted by Gasteiger charge is 2.20. The number of halogens is 2. The molecule has 0 radical (unpaired) electrons. The van der Waals surface area contributed by atoms with E-state index in [1.54, 1.807) is 6.07 Å². The van der Waals surface area contributed by atoms with Gasteiger partial charge in [-0.15, -0.1) is 11.3 Å². The second-order valence-electron chi connectivity index (χ2n) is 4.57. The molecule has 1 aromatic carbocycles. The number of carbonyl (C=O) groups excluding carboxylic acids is 1. The van der Waals surface area contributed by atoms with Gasteiger partial charge in [0.1, 0.15) is 5.75 Å². The second-order valence-corrected chi connectivity index (χ2v) is 5.65. The number of aromatic nitrogens is 1. The van der Waals surface area contributed by atoms with E-state index in [-0.39, 0.29) is 11.3 Å². The number of para-hydroxylation sites is 1. The Kier molecular flexibility index (Phi) is 3.83. The van der Waals surface area contributed by atoms with Gasteiger partial charge in [-0.3, -0.25) is 10.1 Å². The first kappa shape index (κ1) is 13.9. The monoisotopic (exact) mass is 310 g/mol. The summed E-state index contributed by atoms with van der Waals surface area (Å²) in [6, 6.07) is 5.90. The average molecular weight is 310 g/mol. The highest BCUT2D eigenvalue weighted by molar-refractivity contribution is 7.16. The Labute approximate surface area is 123 Å². The molecule has 3 rings (SSSR count). The Morgan fingerprint density at radius 3 is 2.90 bits per heavy atom. The number of fused-ring (bicyclic) bond motifs is 1. The summed E-state index contributed by atoms with van der Waals surface area (Å²) in [4.78, 5) is 17.7. The number of amides is 1. The van der Waals surface area contributed by atoms with Crippen LogP contribution in [0.25, 0.3) is 0 Å². The first-order valence-electron chi connectivity index (χ1n) is 6.47. The van der Waals surface area contributed by atoms with Crippen LogP contribution in [-0.2, 0) is 12.8 Å². The lowest BCUT2D eigenvalue weighted by atomic mass is 10.2. The molecule has 1 aliphatic rings. The van der Waals surface area contributed by atoms with Crippen molar-refractivity contribution in [3.05, 3.63) is 40.4 Å². The minimum Gasteiger partial charge on any atom is -0.434 e. The number of hydrogen-bond donors (Lipinski definition) is 1. The van der Waals surface area contributed by atoms with Crippen LogP contribution in [-0.4, -0.2) is 17.5 Å². The Balaban J connectivity index is 1.78. The summed E-state index contributed by atoms with van der Waals surface area (Å²) in [6.45, 7) is -2.97. The van der Waals surface area contributed by atoms with E-state index in [0.29, 0.717) is 5.13 Å². The van der Waals surface area contributed by atoms with Gasteiger partial charge in [0.05, 0.1) is 11.3 Å². The molecule has 0 saturated heterocycles. The maximum absolute atomic E-state index is 12.3. The fraction of sp³-hybridized carbons (Fsp3) is 0.286. The molecule has 7 heteroatoms. The summed E-state index contributed by atoms with van der Waals surface area (Å²) in [7, 11) is 0. The molecule has 0 atom stereocenters. The fourth-order valence-corrected chi connectivity index (χ4v) is 3.31. The van der Waals surface area contributed by atoms with Crippen molar-refractivity contribution in [3.8, 4) is 5.75 Å². The Hall–Kier alpha value is -2.02. The smallest absolute Gasteiger partial charge is 0.387 e. The number of alkyl halides is 2. The van der Waals surface area contributed by atoms with Crippen LogP contribution in [0.3, 0.4) is 0 Å². The summed E-state index contributed by atoms with van der Waals surface area (Å²) >= 11 is 1.43. The van der Waals surface area contributed by atoms with Crippen molar-refractivity contribution in [1.82, 2.24) is 4.98 Å². The number of nitrogens with zero attached hydrogens (tertiary/aromatic N) is 1. The number of ether oxygens (including phenoxy) is 1. The molecular formula is C14H12F2N2O2S. The van der Waals surface area contributed by atoms with E-state index in [1.165, 1.54) is 34.4 Å². The normalized spacial score (nSPS) is 13.3. The third-order valence-electron chi connectivity index (χ3n) is 3.16. The molecule has 0 unspecified atom stereocenters. The summed E-state index contributed by atoms with van der Waals surface area (Å²) in [5.74, 6) is -0.646. The zero-order valence-electron chi connectivity index (χ0n) is 10.9. The van der Waals surface area contributed by atoms with Crippen molar-refractivity contribution in [2.24, 2.45) is 0 Å². The zero-order valence-corrected chi connectivity index (χ0v) is 11.8. The number of aryl methyl sites for hydroxylation is 2. The van der Waals surface area contributed by atoms with E-state index < -0.39 is 12.5 Å². The highest BCUT2D eigenvalue weighted by atomic mass is 32.1. The molecule has 1 aliphatic carbocycles. The molecule has 1 heterocycles. The van der Waals surface area contributed by atoms with Gasteiger partial charge in [0.25, 0.3) is 5.91 Å². The van der Waals surface area contributed by atoms with E-state index >= 15 is 0 Å². The average Bonchev–Trinajstić information content (AvgIpc) is 2.99. The van der Waals surface area contributed by atoms with Crippen LogP contribution >= 0.6 is 11.3 Å². The predicted octanol–water partition coefficient (Wildman–Crippen LogP) is 3.49. The Bertz CT molecular complexity index is 651. The first-order chi connectivity index (χ1) is 10.1. The van der Waals surface area contributed by atoms with E-state index in [4.69, 9.17) is 0 Å². The number of nitrogens with one attached hydrogen (secondary N) is 1. The van der Waals surface area contributed by atoms with Gasteiger partial charge in [0, 0.05) is 4.88 Å². The molecular weight excluding hydrogens is 298 g/mol. The predicted molar refractivity (Wildman–Crippen MR) is 75.2 cm³/mol. The summed E-state index contributed by atoms with van der Waals surface area (Å²) < 4.78 is 29.0. The quantitative estimate of drug-likeness (QED) is 0.940. The molecule has 0 aliphatic heterocycles. The van der Waals surface area contributed by atoms with Crippen LogP contribution in [0.5, 0.6) is 5.75 Å². The lowest BCUT2D eigenvalue weighted by molar-refractivity contribution is -0.0501. The van der Waals surface area contributed by atoms with Crippen molar-refractivity contribution < 1.29 is 18.3 Å². The molecule has 1 N–H and O–H groups in total. The van der Waals surface area contributed by atoms with Crippen molar-refractivity contribution in [2.45, 2.75) is 25.9 Å². The minimum atomic E-state index is -2.97. The third-order valence-corrected chi connectivity index (χ3v) is 4.24. The lowest BCUT2D eigenvalue weighted by Gasteiger charge is -2.09. The zero-order chi connectivity index (χ0) is 14.8. The highest BCUT2D eigenvalue weighted by Crippen LogP contribution is 2.31. The molecule has 1 aromatic heterocycles. The van der Waals surface area contributed by atoms with Crippen LogP contribution in [0, 0.1) is 0 Å². The molecule has 0 spiro atoms. The Morgan fingerprint density at radius 1 is 1.33 bits per heavy atom. The molecule has 110 valence electrons. The van der Waals surface area contributed by atoms with E-state index in [0.717, 1.165) is 25.0 Å². The van der Waals surface area contributed by atoms with Crippen LogP contribution in [0.1, 0.15) is 27.3 Å². The maximum atomic E-state index is 12.3. The number of anilines is 1. The summed E-state index contributed by atoms with van der Waals surface area (Å²) in [6.07, 6.45) is 2.99. The van der Waals surface area contributed by atoms with Gasteiger partial charge in [-0.2, -0.15) is 8.78 Å². The molecule has 4 nitrogen and oxygen atoms in total. The van der Waals surface area contributed by atoms with Gasteiger partial charge in [0.15, 0.2) is 5.13 Å². The standard InChI is InChI=1S/C14H12F2N2O2S/c15-13(16)20-10-6-2-1-4-8(10)12(19)18-14-17-9-5-3-7-11(9)21-14/h1-2,4,6,13H,3,5,7H2,(H,17,18,19). The molecule has 0 bridgehead atoms. The number of hydrogen-bond acceptors (Lipinski definition) is 4. The van der Waals surface area contributed by atoms with E-state index in [1.807, 2.05) is 0 Å². The first-order valence-corrected chi connectivity index (χ1v) is 7.29. The largest absolute Gasteiger partial charge is 0.434 e. The number of carbonyl (C=O) groups is 1. The van der Waals surface area contributed by atoms with Gasteiger partial charge < -0.3 is 4.74 Å². The van der Waals surface area contributed by atoms with Crippen molar-refractivity contribution in [1.29, 1.82) is 0 Å². The summed E-state index contributed by atoms with van der Waals surface area (Å²) in [5.41, 5.74) is 1.08. The molecule has 1 amide bonds. The van der Waals surface area contributed by atoms with Gasteiger partial charge in [-0.05, 0) is 31.4 Å². The van der Waals surface area contributed by atoms with Gasteiger partial charge in [-0.1, -0.05) is 12.1 Å². The number of thiazole rings is 1. The van der Waals surface area contributed by atoms with Crippen molar-refractivity contribution >= 4 is 22.4 Å². The number of benzene rings is 1. The van der Waals surface area contributed by atoms with Gasteiger partial charge in [0.2, 0.25) is 0 Å².